The Labute approximate surface area is 156 Å². The van der Waals surface area contributed by atoms with Crippen molar-refractivity contribution in [1.29, 1.82) is 0 Å². The van der Waals surface area contributed by atoms with Crippen LogP contribution in [-0.2, 0) is 11.3 Å². The Hall–Kier alpha value is -0.860. The van der Waals surface area contributed by atoms with E-state index in [9.17, 15) is 5.11 Å². The molecule has 0 spiro atoms. The van der Waals surface area contributed by atoms with Crippen LogP contribution in [0.1, 0.15) is 96.0 Å². The van der Waals surface area contributed by atoms with Gasteiger partial charge in [-0.3, -0.25) is 0 Å². The molecule has 0 aliphatic heterocycles. The van der Waals surface area contributed by atoms with E-state index in [0.29, 0.717) is 6.61 Å². The van der Waals surface area contributed by atoms with Crippen LogP contribution in [0.15, 0.2) is 30.3 Å². The zero-order chi connectivity index (χ0) is 18.0. The van der Waals surface area contributed by atoms with Crippen LogP contribution < -0.4 is 0 Å². The van der Waals surface area contributed by atoms with Gasteiger partial charge in [-0.25, -0.2) is 0 Å². The topological polar surface area (TPSA) is 29.5 Å². The van der Waals surface area contributed by atoms with Crippen molar-refractivity contribution in [3.05, 3.63) is 35.9 Å². The largest absolute Gasteiger partial charge is 0.393 e. The van der Waals surface area contributed by atoms with E-state index in [4.69, 9.17) is 4.74 Å². The van der Waals surface area contributed by atoms with E-state index in [-0.39, 0.29) is 6.10 Å². The van der Waals surface area contributed by atoms with Gasteiger partial charge in [-0.1, -0.05) is 101 Å². The predicted octanol–water partition coefficient (Wildman–Crippen LogP) is 6.66. The van der Waals surface area contributed by atoms with Crippen LogP contribution >= 0.6 is 0 Å². The van der Waals surface area contributed by atoms with Gasteiger partial charge in [0.15, 0.2) is 0 Å². The van der Waals surface area contributed by atoms with Gasteiger partial charge >= 0.3 is 0 Å². The maximum absolute atomic E-state index is 10.0. The lowest BCUT2D eigenvalue weighted by Gasteiger charge is -2.10. The molecule has 1 aromatic carbocycles. The molecule has 0 heterocycles. The predicted molar refractivity (Wildman–Crippen MR) is 108 cm³/mol. The molecule has 2 heteroatoms. The lowest BCUT2D eigenvalue weighted by Crippen LogP contribution is -2.06. The van der Waals surface area contributed by atoms with Gasteiger partial charge in [-0.2, -0.15) is 0 Å². The molecule has 0 bridgehead atoms. The summed E-state index contributed by atoms with van der Waals surface area (Å²) in [5, 5.41) is 10.0. The van der Waals surface area contributed by atoms with Gasteiger partial charge in [-0.05, 0) is 24.8 Å². The smallest absolute Gasteiger partial charge is 0.0716 e. The van der Waals surface area contributed by atoms with Crippen LogP contribution in [0.25, 0.3) is 0 Å². The number of rotatable bonds is 17. The first-order valence-corrected chi connectivity index (χ1v) is 10.6. The molecule has 0 saturated carbocycles. The molecule has 0 aliphatic carbocycles. The molecule has 0 saturated heterocycles. The highest BCUT2D eigenvalue weighted by molar-refractivity contribution is 5.13. The first-order chi connectivity index (χ1) is 12.3. The van der Waals surface area contributed by atoms with E-state index in [2.05, 4.69) is 19.1 Å². The molecule has 1 aromatic rings. The van der Waals surface area contributed by atoms with Crippen molar-refractivity contribution in [1.82, 2.24) is 0 Å². The zero-order valence-electron chi connectivity index (χ0n) is 16.4. The summed E-state index contributed by atoms with van der Waals surface area (Å²) in [6.45, 7) is 3.80. The SMILES string of the molecule is CCCCCCCCCCC(O)CCCCCOCc1ccccc1. The number of aliphatic hydroxyl groups is 1. The van der Waals surface area contributed by atoms with Crippen LogP contribution in [0.2, 0.25) is 0 Å². The molecule has 1 N–H and O–H groups in total. The molecule has 1 rings (SSSR count). The van der Waals surface area contributed by atoms with Crippen LogP contribution in [-0.4, -0.2) is 17.8 Å². The fourth-order valence-corrected chi connectivity index (χ4v) is 3.18. The molecule has 0 amide bonds. The van der Waals surface area contributed by atoms with Gasteiger partial charge in [0.25, 0.3) is 0 Å². The minimum absolute atomic E-state index is 0.0923. The molecular formula is C23H40O2. The van der Waals surface area contributed by atoms with E-state index in [1.807, 2.05) is 18.2 Å². The normalized spacial score (nSPS) is 12.4. The Morgan fingerprint density at radius 1 is 0.760 bits per heavy atom. The van der Waals surface area contributed by atoms with Gasteiger partial charge in [-0.15, -0.1) is 0 Å². The van der Waals surface area contributed by atoms with Gasteiger partial charge in [0.05, 0.1) is 12.7 Å². The lowest BCUT2D eigenvalue weighted by atomic mass is 10.0. The van der Waals surface area contributed by atoms with Crippen molar-refractivity contribution in [3.63, 3.8) is 0 Å². The summed E-state index contributed by atoms with van der Waals surface area (Å²) < 4.78 is 5.69. The van der Waals surface area contributed by atoms with Crippen molar-refractivity contribution in [2.24, 2.45) is 0 Å². The van der Waals surface area contributed by atoms with Crippen molar-refractivity contribution in [2.75, 3.05) is 6.61 Å². The summed E-state index contributed by atoms with van der Waals surface area (Å²) in [7, 11) is 0. The third-order valence-corrected chi connectivity index (χ3v) is 4.83. The van der Waals surface area contributed by atoms with E-state index in [0.717, 1.165) is 38.7 Å². The fourth-order valence-electron chi connectivity index (χ4n) is 3.18. The molecule has 1 unspecified atom stereocenters. The maximum Gasteiger partial charge on any atom is 0.0716 e. The van der Waals surface area contributed by atoms with Crippen molar-refractivity contribution in [3.8, 4) is 0 Å². The number of hydrogen-bond acceptors (Lipinski definition) is 2. The Kier molecular flexibility index (Phi) is 14.7. The monoisotopic (exact) mass is 348 g/mol. The quantitative estimate of drug-likeness (QED) is 0.319. The molecular weight excluding hydrogens is 308 g/mol. The maximum atomic E-state index is 10.0. The highest BCUT2D eigenvalue weighted by atomic mass is 16.5. The molecule has 144 valence electrons. The summed E-state index contributed by atoms with van der Waals surface area (Å²) in [6.07, 6.45) is 15.9. The van der Waals surface area contributed by atoms with Crippen LogP contribution in [0.4, 0.5) is 0 Å². The van der Waals surface area contributed by atoms with Crippen LogP contribution in [0, 0.1) is 0 Å². The lowest BCUT2D eigenvalue weighted by molar-refractivity contribution is 0.113. The number of aliphatic hydroxyl groups excluding tert-OH is 1. The average molecular weight is 349 g/mol. The first-order valence-electron chi connectivity index (χ1n) is 10.6. The van der Waals surface area contributed by atoms with Gasteiger partial charge in [0, 0.05) is 6.61 Å². The average Bonchev–Trinajstić information content (AvgIpc) is 2.64. The second-order valence-electron chi connectivity index (χ2n) is 7.30. The zero-order valence-corrected chi connectivity index (χ0v) is 16.4. The second-order valence-corrected chi connectivity index (χ2v) is 7.30. The molecule has 0 aromatic heterocycles. The Morgan fingerprint density at radius 2 is 1.32 bits per heavy atom. The van der Waals surface area contributed by atoms with Crippen molar-refractivity contribution in [2.45, 2.75) is 103 Å². The molecule has 0 radical (unpaired) electrons. The van der Waals surface area contributed by atoms with Crippen molar-refractivity contribution >= 4 is 0 Å². The Balaban J connectivity index is 1.80. The fraction of sp³-hybridized carbons (Fsp3) is 0.739. The van der Waals surface area contributed by atoms with Gasteiger partial charge < -0.3 is 9.84 Å². The summed E-state index contributed by atoms with van der Waals surface area (Å²) >= 11 is 0. The highest BCUT2D eigenvalue weighted by Gasteiger charge is 2.03. The molecule has 25 heavy (non-hydrogen) atoms. The molecule has 2 nitrogen and oxygen atoms in total. The Morgan fingerprint density at radius 3 is 1.96 bits per heavy atom. The summed E-state index contributed by atoms with van der Waals surface area (Å²) in [5.41, 5.74) is 1.24. The third-order valence-electron chi connectivity index (χ3n) is 4.83. The van der Waals surface area contributed by atoms with Gasteiger partial charge in [0.1, 0.15) is 0 Å². The minimum atomic E-state index is -0.0923. The first kappa shape index (κ1) is 22.2. The minimum Gasteiger partial charge on any atom is -0.393 e. The number of benzene rings is 1. The standard InChI is InChI=1S/C23H40O2/c1-2-3-4-5-6-7-8-13-18-23(24)19-14-10-15-20-25-21-22-16-11-9-12-17-22/h9,11-12,16-17,23-24H,2-8,10,13-15,18-21H2,1H3. The molecule has 1 atom stereocenters. The number of hydrogen-bond donors (Lipinski definition) is 1. The molecule has 0 aliphatic rings. The number of unbranched alkanes of at least 4 members (excludes halogenated alkanes) is 9. The second kappa shape index (κ2) is 16.6. The summed E-state index contributed by atoms with van der Waals surface area (Å²) in [5.74, 6) is 0. The number of ether oxygens (including phenoxy) is 1. The molecule has 0 fully saturated rings. The van der Waals surface area contributed by atoms with Crippen LogP contribution in [0.5, 0.6) is 0 Å². The summed E-state index contributed by atoms with van der Waals surface area (Å²) in [4.78, 5) is 0. The van der Waals surface area contributed by atoms with Crippen LogP contribution in [0.3, 0.4) is 0 Å². The third kappa shape index (κ3) is 14.0. The van der Waals surface area contributed by atoms with Gasteiger partial charge in [0.2, 0.25) is 0 Å². The van der Waals surface area contributed by atoms with E-state index in [1.165, 1.54) is 56.9 Å². The summed E-state index contributed by atoms with van der Waals surface area (Å²) in [6, 6.07) is 10.3. The van der Waals surface area contributed by atoms with Crippen molar-refractivity contribution < 1.29 is 9.84 Å². The van der Waals surface area contributed by atoms with E-state index >= 15 is 0 Å². The van der Waals surface area contributed by atoms with E-state index in [1.54, 1.807) is 0 Å². The highest BCUT2D eigenvalue weighted by Crippen LogP contribution is 2.13. The van der Waals surface area contributed by atoms with E-state index < -0.39 is 0 Å². The Bertz CT molecular complexity index is 377.